The van der Waals surface area contributed by atoms with Gasteiger partial charge >= 0.3 is 5.97 Å². The summed E-state index contributed by atoms with van der Waals surface area (Å²) < 4.78 is 12.2. The van der Waals surface area contributed by atoms with Crippen molar-refractivity contribution in [3.8, 4) is 0 Å². The number of hydrogen-bond donors (Lipinski definition) is 2. The fraction of sp³-hybridized carbons (Fsp3) is 0.375. The summed E-state index contributed by atoms with van der Waals surface area (Å²) in [4.78, 5) is 19.3. The van der Waals surface area contributed by atoms with E-state index in [0.29, 0.717) is 18.2 Å². The molecule has 2 N–H and O–H groups in total. The van der Waals surface area contributed by atoms with Crippen molar-refractivity contribution in [2.24, 2.45) is 9.98 Å². The first-order valence-electron chi connectivity index (χ1n) is 4.74. The van der Waals surface area contributed by atoms with Crippen molar-refractivity contribution in [1.82, 2.24) is 10.6 Å². The lowest BCUT2D eigenvalue weighted by atomic mass is 10.3. The fourth-order valence-corrected chi connectivity index (χ4v) is 1.20. The molecule has 0 saturated carbocycles. The van der Waals surface area contributed by atoms with Crippen LogP contribution in [0, 0.1) is 0 Å². The van der Waals surface area contributed by atoms with Crippen molar-refractivity contribution >= 4 is 18.1 Å². The molecule has 0 radical (unpaired) electrons. The summed E-state index contributed by atoms with van der Waals surface area (Å²) in [6.07, 6.45) is -0.107. The molecule has 74 valence electrons. The molecule has 0 aromatic carbocycles. The second-order valence-electron chi connectivity index (χ2n) is 2.64. The fourth-order valence-electron chi connectivity index (χ4n) is 1.20. The molecular weight excluding hydrogens is 184 g/mol. The van der Waals surface area contributed by atoms with Gasteiger partial charge in [-0.3, -0.25) is 0 Å². The molecule has 0 spiro atoms. The van der Waals surface area contributed by atoms with Gasteiger partial charge in [-0.2, -0.15) is 0 Å². The number of hydrogen-bond acceptors (Lipinski definition) is 6. The number of carbonyl (C=O) groups excluding carboxylic acids is 1. The smallest absolute Gasteiger partial charge is 0.357 e. The van der Waals surface area contributed by atoms with Gasteiger partial charge in [-0.05, 0) is 6.92 Å². The maximum atomic E-state index is 11.5. The topological polar surface area (TPSA) is 75.1 Å². The van der Waals surface area contributed by atoms with Crippen LogP contribution in [0.1, 0.15) is 8.29 Å². The van der Waals surface area contributed by atoms with E-state index < -0.39 is 5.97 Å². The predicted octanol–water partition coefficient (Wildman–Crippen LogP) is -0.648. The molecule has 0 aromatic heterocycles. The molecule has 0 saturated heterocycles. The van der Waals surface area contributed by atoms with Gasteiger partial charge in [0.15, 0.2) is 11.5 Å². The van der Waals surface area contributed by atoms with E-state index in [9.17, 15) is 4.79 Å². The molecule has 6 heteroatoms. The monoisotopic (exact) mass is 195 g/mol. The number of ether oxygens (including phenoxy) is 1. The van der Waals surface area contributed by atoms with Crippen LogP contribution in [0.25, 0.3) is 0 Å². The normalized spacial score (nSPS) is 19.9. The second kappa shape index (κ2) is 3.49. The van der Waals surface area contributed by atoms with E-state index in [1.807, 2.05) is 0 Å². The molecule has 0 amide bonds. The Balaban J connectivity index is 2.30. The number of nitrogens with one attached hydrogen (secondary N) is 2. The Bertz CT molecular complexity index is 399. The quantitative estimate of drug-likeness (QED) is 0.574. The average molecular weight is 195 g/mol. The number of aliphatic imine (C=N–C) groups is 2. The molecule has 14 heavy (non-hydrogen) atoms. The van der Waals surface area contributed by atoms with E-state index in [-0.39, 0.29) is 18.6 Å². The van der Waals surface area contributed by atoms with Gasteiger partial charge in [0, 0.05) is 0 Å². The number of amidine groups is 2. The lowest BCUT2D eigenvalue weighted by Gasteiger charge is -2.13. The number of carbonyl (C=O) groups is 1. The first kappa shape index (κ1) is 7.54. The summed E-state index contributed by atoms with van der Waals surface area (Å²) in [6.45, 7) is 2.37. The molecule has 2 aliphatic rings. The van der Waals surface area contributed by atoms with E-state index in [1.165, 1.54) is 0 Å². The average Bonchev–Trinajstić information content (AvgIpc) is 2.64. The Morgan fingerprint density at radius 1 is 1.86 bits per heavy atom. The highest BCUT2D eigenvalue weighted by Gasteiger charge is 2.25. The van der Waals surface area contributed by atoms with Crippen molar-refractivity contribution in [3.05, 3.63) is 11.4 Å². The van der Waals surface area contributed by atoms with Crippen LogP contribution in [0.3, 0.4) is 0 Å². The third-order valence-corrected chi connectivity index (χ3v) is 1.78. The molecule has 0 atom stereocenters. The van der Waals surface area contributed by atoms with E-state index in [2.05, 4.69) is 20.6 Å². The van der Waals surface area contributed by atoms with Crippen molar-refractivity contribution in [3.63, 3.8) is 0 Å². The van der Waals surface area contributed by atoms with Gasteiger partial charge in [0.05, 0.1) is 12.9 Å². The molecule has 0 fully saturated rings. The molecule has 0 aromatic rings. The highest BCUT2D eigenvalue weighted by molar-refractivity contribution is 6.11. The molecule has 6 nitrogen and oxygen atoms in total. The van der Waals surface area contributed by atoms with Gasteiger partial charge in [0.2, 0.25) is 0 Å². The lowest BCUT2D eigenvalue weighted by molar-refractivity contribution is -0.138. The predicted molar refractivity (Wildman–Crippen MR) is 50.7 cm³/mol. The van der Waals surface area contributed by atoms with Gasteiger partial charge in [-0.15, -0.1) is 0 Å². The first-order valence-corrected chi connectivity index (χ1v) is 4.24. The van der Waals surface area contributed by atoms with Crippen LogP contribution in [0.5, 0.6) is 0 Å². The summed E-state index contributed by atoms with van der Waals surface area (Å²) in [5.41, 5.74) is 0.706. The number of fused-ring (bicyclic) bond motifs is 1. The van der Waals surface area contributed by atoms with E-state index >= 15 is 0 Å². The van der Waals surface area contributed by atoms with Crippen molar-refractivity contribution in [2.75, 3.05) is 13.3 Å². The Kier molecular flexibility index (Phi) is 1.88. The Morgan fingerprint density at radius 3 is 3.50 bits per heavy atom. The summed E-state index contributed by atoms with van der Waals surface area (Å²) in [5.74, 6) is -0.129. The summed E-state index contributed by atoms with van der Waals surface area (Å²) in [7, 11) is 0. The molecule has 2 heterocycles. The third kappa shape index (κ3) is 1.34. The molecule has 0 unspecified atom stereocenters. The SMILES string of the molecule is [2H]C1=NC2=NCNC2=C(C(=O)OCC)N1. The largest absolute Gasteiger partial charge is 0.461 e. The molecule has 0 aliphatic carbocycles. The second-order valence-corrected chi connectivity index (χ2v) is 2.64. The minimum atomic E-state index is -0.505. The zero-order valence-electron chi connectivity index (χ0n) is 8.63. The van der Waals surface area contributed by atoms with Gasteiger partial charge in [0.1, 0.15) is 13.7 Å². The van der Waals surface area contributed by atoms with Crippen LogP contribution < -0.4 is 10.6 Å². The van der Waals surface area contributed by atoms with E-state index in [4.69, 9.17) is 6.11 Å². The highest BCUT2D eigenvalue weighted by Crippen LogP contribution is 2.11. The zero-order chi connectivity index (χ0) is 10.8. The first-order chi connectivity index (χ1) is 7.22. The molecule has 0 bridgehead atoms. The van der Waals surface area contributed by atoms with Gasteiger partial charge < -0.3 is 15.4 Å². The van der Waals surface area contributed by atoms with Gasteiger partial charge in [-0.1, -0.05) is 0 Å². The molecular formula is C8H10N4O2. The summed E-state index contributed by atoms with van der Waals surface area (Å²) in [6, 6.07) is 0. The lowest BCUT2D eigenvalue weighted by Crippen LogP contribution is -2.31. The summed E-state index contributed by atoms with van der Waals surface area (Å²) in [5, 5.41) is 5.44. The van der Waals surface area contributed by atoms with Crippen LogP contribution in [0.15, 0.2) is 21.4 Å². The third-order valence-electron chi connectivity index (χ3n) is 1.78. The van der Waals surface area contributed by atoms with Crippen molar-refractivity contribution in [1.29, 1.82) is 0 Å². The Labute approximate surface area is 82.2 Å². The standard InChI is InChI=1S/C8H10N4O2/c1-2-14-8(13)6-5-7(11-3-9-5)12-4-10-6/h4,9H,2-3H2,1H3,(H,10,11,12)/i4D. The maximum Gasteiger partial charge on any atom is 0.357 e. The van der Waals surface area contributed by atoms with Crippen LogP contribution in [-0.4, -0.2) is 31.4 Å². The number of nitrogens with zero attached hydrogens (tertiary/aromatic N) is 2. The van der Waals surface area contributed by atoms with Crippen LogP contribution in [-0.2, 0) is 9.53 Å². The van der Waals surface area contributed by atoms with E-state index in [0.717, 1.165) is 0 Å². The molecule has 2 rings (SSSR count). The van der Waals surface area contributed by atoms with E-state index in [1.54, 1.807) is 6.92 Å². The van der Waals surface area contributed by atoms with Crippen molar-refractivity contribution in [2.45, 2.75) is 6.92 Å². The molecule has 2 aliphatic heterocycles. The Hall–Kier alpha value is -1.85. The number of rotatable bonds is 2. The van der Waals surface area contributed by atoms with Crippen molar-refractivity contribution < 1.29 is 10.9 Å². The minimum absolute atomic E-state index is 0.107. The van der Waals surface area contributed by atoms with Gasteiger partial charge in [0.25, 0.3) is 0 Å². The van der Waals surface area contributed by atoms with Crippen LogP contribution >= 0.6 is 0 Å². The Morgan fingerprint density at radius 2 is 2.71 bits per heavy atom. The van der Waals surface area contributed by atoms with Crippen LogP contribution in [0.2, 0.25) is 0 Å². The zero-order valence-corrected chi connectivity index (χ0v) is 7.63. The summed E-state index contributed by atoms with van der Waals surface area (Å²) >= 11 is 0. The highest BCUT2D eigenvalue weighted by atomic mass is 16.5. The number of esters is 1. The van der Waals surface area contributed by atoms with Crippen LogP contribution in [0.4, 0.5) is 0 Å². The van der Waals surface area contributed by atoms with Gasteiger partial charge in [-0.25, -0.2) is 14.8 Å². The minimum Gasteiger partial charge on any atom is -0.461 e. The maximum absolute atomic E-state index is 11.5.